The maximum absolute atomic E-state index is 12.3. The number of nitrogens with one attached hydrogen (secondary N) is 1. The molecule has 6 nitrogen and oxygen atoms in total. The number of amides is 2. The average Bonchev–Trinajstić information content (AvgIpc) is 2.97. The fourth-order valence-electron chi connectivity index (χ4n) is 2.79. The van der Waals surface area contributed by atoms with Gasteiger partial charge in [-0.15, -0.1) is 10.2 Å². The quantitative estimate of drug-likeness (QED) is 0.818. The van der Waals surface area contributed by atoms with Crippen LogP contribution in [0, 0.1) is 0 Å². The van der Waals surface area contributed by atoms with Crippen molar-refractivity contribution in [3.63, 3.8) is 0 Å². The van der Waals surface area contributed by atoms with Crippen LogP contribution in [0.15, 0.2) is 47.5 Å². The highest BCUT2D eigenvalue weighted by Gasteiger charge is 2.16. The molecule has 1 aliphatic rings. The molecule has 7 heteroatoms. The van der Waals surface area contributed by atoms with Gasteiger partial charge in [0.25, 0.3) is 5.91 Å². The van der Waals surface area contributed by atoms with Gasteiger partial charge >= 0.3 is 0 Å². The van der Waals surface area contributed by atoms with Gasteiger partial charge in [0.1, 0.15) is 5.03 Å². The molecule has 0 atom stereocenters. The van der Waals surface area contributed by atoms with Gasteiger partial charge < -0.3 is 10.2 Å². The van der Waals surface area contributed by atoms with Gasteiger partial charge in [-0.3, -0.25) is 9.59 Å². The summed E-state index contributed by atoms with van der Waals surface area (Å²) in [7, 11) is 0. The molecule has 0 aliphatic carbocycles. The Morgan fingerprint density at radius 3 is 2.35 bits per heavy atom. The molecule has 1 saturated heterocycles. The van der Waals surface area contributed by atoms with Crippen LogP contribution in [0.5, 0.6) is 0 Å². The molecular formula is C19H22N4O2S. The van der Waals surface area contributed by atoms with Crippen LogP contribution in [0.4, 0.5) is 5.82 Å². The Bertz CT molecular complexity index is 729. The van der Waals surface area contributed by atoms with Crippen LogP contribution >= 0.6 is 11.8 Å². The number of hydrogen-bond donors (Lipinski definition) is 1. The second-order valence-electron chi connectivity index (χ2n) is 6.16. The zero-order chi connectivity index (χ0) is 18.2. The number of carbonyl (C=O) groups is 2. The van der Waals surface area contributed by atoms with Crippen LogP contribution in [0.25, 0.3) is 0 Å². The van der Waals surface area contributed by atoms with E-state index in [1.165, 1.54) is 24.6 Å². The van der Waals surface area contributed by atoms with E-state index in [0.717, 1.165) is 25.9 Å². The zero-order valence-corrected chi connectivity index (χ0v) is 15.4. The summed E-state index contributed by atoms with van der Waals surface area (Å²) in [5, 5.41) is 11.5. The Hall–Kier alpha value is -2.41. The van der Waals surface area contributed by atoms with Crippen molar-refractivity contribution in [1.82, 2.24) is 15.1 Å². The fraction of sp³-hybridized carbons (Fsp3) is 0.368. The predicted molar refractivity (Wildman–Crippen MR) is 102 cm³/mol. The molecule has 0 spiro atoms. The summed E-state index contributed by atoms with van der Waals surface area (Å²) < 4.78 is 0. The summed E-state index contributed by atoms with van der Waals surface area (Å²) in [5.41, 5.74) is 0.566. The molecule has 3 rings (SSSR count). The third kappa shape index (κ3) is 5.29. The first-order valence-corrected chi connectivity index (χ1v) is 9.81. The number of thioether (sulfide) groups is 1. The van der Waals surface area contributed by atoms with Gasteiger partial charge in [0, 0.05) is 18.7 Å². The first-order valence-electron chi connectivity index (χ1n) is 8.83. The average molecular weight is 370 g/mol. The highest BCUT2D eigenvalue weighted by Crippen LogP contribution is 2.18. The van der Waals surface area contributed by atoms with Crippen LogP contribution in [-0.2, 0) is 4.79 Å². The predicted octanol–water partition coefficient (Wildman–Crippen LogP) is 3.22. The highest BCUT2D eigenvalue weighted by molar-refractivity contribution is 7.99. The molecule has 26 heavy (non-hydrogen) atoms. The number of hydrogen-bond acceptors (Lipinski definition) is 5. The van der Waals surface area contributed by atoms with Gasteiger partial charge in [-0.05, 0) is 37.1 Å². The smallest absolute Gasteiger partial charge is 0.256 e. The summed E-state index contributed by atoms with van der Waals surface area (Å²) in [5.74, 6) is 0.684. The van der Waals surface area contributed by atoms with Crippen molar-refractivity contribution in [2.24, 2.45) is 0 Å². The van der Waals surface area contributed by atoms with E-state index in [1.807, 2.05) is 23.1 Å². The number of rotatable bonds is 5. The first-order chi connectivity index (χ1) is 12.7. The van der Waals surface area contributed by atoms with Crippen molar-refractivity contribution < 1.29 is 9.59 Å². The second-order valence-corrected chi connectivity index (χ2v) is 7.16. The molecule has 2 aromatic rings. The van der Waals surface area contributed by atoms with Crippen LogP contribution in [-0.4, -0.2) is 45.8 Å². The Kier molecular flexibility index (Phi) is 6.60. The van der Waals surface area contributed by atoms with E-state index in [1.54, 1.807) is 24.3 Å². The molecule has 1 aromatic carbocycles. The topological polar surface area (TPSA) is 75.2 Å². The summed E-state index contributed by atoms with van der Waals surface area (Å²) in [6, 6.07) is 12.4. The van der Waals surface area contributed by atoms with E-state index >= 15 is 0 Å². The molecule has 0 saturated carbocycles. The van der Waals surface area contributed by atoms with E-state index in [0.29, 0.717) is 22.2 Å². The van der Waals surface area contributed by atoms with Crippen molar-refractivity contribution >= 4 is 29.4 Å². The van der Waals surface area contributed by atoms with E-state index in [-0.39, 0.29) is 11.8 Å². The maximum atomic E-state index is 12.3. The number of anilines is 1. The van der Waals surface area contributed by atoms with Crippen LogP contribution < -0.4 is 5.32 Å². The molecule has 2 amide bonds. The van der Waals surface area contributed by atoms with Crippen molar-refractivity contribution in [1.29, 1.82) is 0 Å². The van der Waals surface area contributed by atoms with Crippen LogP contribution in [0.1, 0.15) is 36.0 Å². The third-order valence-corrected chi connectivity index (χ3v) is 5.12. The minimum atomic E-state index is -0.225. The van der Waals surface area contributed by atoms with Crippen LogP contribution in [0.2, 0.25) is 0 Å². The number of benzene rings is 1. The van der Waals surface area contributed by atoms with Crippen molar-refractivity contribution in [2.45, 2.75) is 30.7 Å². The highest BCUT2D eigenvalue weighted by atomic mass is 32.2. The molecule has 1 fully saturated rings. The van der Waals surface area contributed by atoms with Gasteiger partial charge in [0.2, 0.25) is 5.91 Å². The first kappa shape index (κ1) is 18.4. The lowest BCUT2D eigenvalue weighted by Crippen LogP contribution is -2.33. The molecule has 1 N–H and O–H groups in total. The fourth-order valence-corrected chi connectivity index (χ4v) is 3.51. The minimum Gasteiger partial charge on any atom is -0.342 e. The molecule has 2 heterocycles. The van der Waals surface area contributed by atoms with E-state index in [2.05, 4.69) is 15.5 Å². The van der Waals surface area contributed by atoms with Gasteiger partial charge in [0.05, 0.1) is 5.75 Å². The van der Waals surface area contributed by atoms with E-state index in [9.17, 15) is 9.59 Å². The lowest BCUT2D eigenvalue weighted by atomic mass is 10.2. The maximum Gasteiger partial charge on any atom is 0.256 e. The molecular weight excluding hydrogens is 348 g/mol. The van der Waals surface area contributed by atoms with E-state index < -0.39 is 0 Å². The largest absolute Gasteiger partial charge is 0.342 e. The van der Waals surface area contributed by atoms with E-state index in [4.69, 9.17) is 0 Å². The summed E-state index contributed by atoms with van der Waals surface area (Å²) in [6.07, 6.45) is 4.59. The Morgan fingerprint density at radius 1 is 0.962 bits per heavy atom. The second kappa shape index (κ2) is 9.33. The molecule has 1 aromatic heterocycles. The van der Waals surface area contributed by atoms with Gasteiger partial charge in [0.15, 0.2) is 5.82 Å². The summed E-state index contributed by atoms with van der Waals surface area (Å²) >= 11 is 1.38. The number of likely N-dealkylation sites (tertiary alicyclic amines) is 1. The molecule has 0 radical (unpaired) electrons. The Labute approximate surface area is 157 Å². The van der Waals surface area contributed by atoms with Crippen LogP contribution in [0.3, 0.4) is 0 Å². The Balaban J connectivity index is 1.49. The van der Waals surface area contributed by atoms with Crippen molar-refractivity contribution in [2.75, 3.05) is 24.2 Å². The zero-order valence-electron chi connectivity index (χ0n) is 14.6. The number of nitrogens with zero attached hydrogens (tertiary/aromatic N) is 3. The molecule has 0 bridgehead atoms. The normalized spacial score (nSPS) is 14.5. The molecule has 1 aliphatic heterocycles. The molecule has 0 unspecified atom stereocenters. The minimum absolute atomic E-state index is 0.153. The third-order valence-electron chi connectivity index (χ3n) is 4.22. The lowest BCUT2D eigenvalue weighted by Gasteiger charge is -2.19. The summed E-state index contributed by atoms with van der Waals surface area (Å²) in [6.45, 7) is 1.71. The summed E-state index contributed by atoms with van der Waals surface area (Å²) in [4.78, 5) is 26.3. The van der Waals surface area contributed by atoms with Gasteiger partial charge in [-0.2, -0.15) is 0 Å². The SMILES string of the molecule is O=C(Nc1ccc(SCC(=O)N2CCCCCC2)nn1)c1ccccc1. The number of carbonyl (C=O) groups excluding carboxylic acids is 2. The van der Waals surface area contributed by atoms with Gasteiger partial charge in [-0.25, -0.2) is 0 Å². The number of aromatic nitrogens is 2. The standard InChI is InChI=1S/C19H22N4O2S/c24-18(23-12-6-1-2-7-13-23)14-26-17-11-10-16(21-22-17)20-19(25)15-8-4-3-5-9-15/h3-5,8-11H,1-2,6-7,12-14H2,(H,20,21,25). The molecule has 136 valence electrons. The van der Waals surface area contributed by atoms with Crippen molar-refractivity contribution in [3.8, 4) is 0 Å². The lowest BCUT2D eigenvalue weighted by molar-refractivity contribution is -0.128. The van der Waals surface area contributed by atoms with Crippen molar-refractivity contribution in [3.05, 3.63) is 48.0 Å². The van der Waals surface area contributed by atoms with Gasteiger partial charge in [-0.1, -0.05) is 42.8 Å². The Morgan fingerprint density at radius 2 is 1.69 bits per heavy atom. The monoisotopic (exact) mass is 370 g/mol.